The van der Waals surface area contributed by atoms with E-state index < -0.39 is 0 Å². The molecule has 0 fully saturated rings. The molecule has 0 unspecified atom stereocenters. The topological polar surface area (TPSA) is 29.1 Å². The lowest BCUT2D eigenvalue weighted by atomic mass is 10.1. The van der Waals surface area contributed by atoms with Gasteiger partial charge >= 0.3 is 0 Å². The fraction of sp³-hybridized carbons (Fsp3) is 0.250. The van der Waals surface area contributed by atoms with Gasteiger partial charge in [0, 0.05) is 12.1 Å². The van der Waals surface area contributed by atoms with Gasteiger partial charge in [-0.25, -0.2) is 0 Å². The molecule has 0 aliphatic rings. The lowest BCUT2D eigenvalue weighted by molar-refractivity contribution is -0.109. The smallest absolute Gasteiger partial charge is 0.207 e. The first-order valence-corrected chi connectivity index (χ1v) is 6.86. The van der Waals surface area contributed by atoms with Gasteiger partial charge in [0.2, 0.25) is 6.41 Å². The largest absolute Gasteiger partial charge is 0.355 e. The molecule has 0 radical (unpaired) electrons. The quantitative estimate of drug-likeness (QED) is 0.461. The summed E-state index contributed by atoms with van der Waals surface area (Å²) in [7, 11) is -0.212. The van der Waals surface area contributed by atoms with Gasteiger partial charge in [0.25, 0.3) is 0 Å². The van der Waals surface area contributed by atoms with Crippen molar-refractivity contribution in [2.24, 2.45) is 0 Å². The molecule has 1 aromatic rings. The van der Waals surface area contributed by atoms with Crippen LogP contribution in [0.4, 0.5) is 0 Å². The molecule has 0 bridgehead atoms. The van der Waals surface area contributed by atoms with Crippen molar-refractivity contribution in [1.29, 1.82) is 0 Å². The van der Waals surface area contributed by atoms with Crippen LogP contribution in [0.5, 0.6) is 0 Å². The lowest BCUT2D eigenvalue weighted by Gasteiger charge is -2.11. The first-order valence-electron chi connectivity index (χ1n) is 4.63. The number of benzene rings is 1. The van der Waals surface area contributed by atoms with Crippen LogP contribution in [0.3, 0.4) is 0 Å². The van der Waals surface area contributed by atoms with Crippen molar-refractivity contribution in [2.45, 2.75) is 6.54 Å². The van der Waals surface area contributed by atoms with Crippen LogP contribution in [0, 0.1) is 12.3 Å². The van der Waals surface area contributed by atoms with Crippen molar-refractivity contribution in [1.82, 2.24) is 5.32 Å². The highest BCUT2D eigenvalue weighted by molar-refractivity contribution is 7.64. The molecule has 0 atom stereocenters. The van der Waals surface area contributed by atoms with Gasteiger partial charge in [0.1, 0.15) is 0 Å². The fourth-order valence-corrected chi connectivity index (χ4v) is 2.38. The maximum absolute atomic E-state index is 10.2. The maximum Gasteiger partial charge on any atom is 0.207 e. The highest BCUT2D eigenvalue weighted by atomic mass is 31.1. The van der Waals surface area contributed by atoms with E-state index in [0.717, 1.165) is 11.1 Å². The van der Waals surface area contributed by atoms with E-state index >= 15 is 0 Å². The van der Waals surface area contributed by atoms with Crippen LogP contribution >= 0.6 is 7.92 Å². The van der Waals surface area contributed by atoms with Crippen molar-refractivity contribution < 1.29 is 4.79 Å². The number of hydrogen-bond donors (Lipinski definition) is 1. The minimum absolute atomic E-state index is 0.212. The van der Waals surface area contributed by atoms with Crippen LogP contribution < -0.4 is 10.6 Å². The second-order valence-corrected chi connectivity index (χ2v) is 5.66. The summed E-state index contributed by atoms with van der Waals surface area (Å²) in [4.78, 5) is 10.2. The van der Waals surface area contributed by atoms with Crippen molar-refractivity contribution in [3.63, 3.8) is 0 Å². The van der Waals surface area contributed by atoms with Crippen LogP contribution in [-0.4, -0.2) is 19.7 Å². The Labute approximate surface area is 91.8 Å². The number of amides is 1. The van der Waals surface area contributed by atoms with E-state index in [9.17, 15) is 4.79 Å². The summed E-state index contributed by atoms with van der Waals surface area (Å²) in [5, 5.41) is 3.86. The summed E-state index contributed by atoms with van der Waals surface area (Å²) in [5.74, 6) is 2.69. The molecule has 2 nitrogen and oxygen atoms in total. The van der Waals surface area contributed by atoms with Crippen LogP contribution in [0.2, 0.25) is 0 Å². The average Bonchev–Trinajstić information content (AvgIpc) is 2.25. The highest BCUT2D eigenvalue weighted by Gasteiger charge is 2.05. The number of carbonyl (C=O) groups excluding carboxylic acids is 1. The molecule has 3 heteroatoms. The van der Waals surface area contributed by atoms with Gasteiger partial charge in [-0.3, -0.25) is 4.79 Å². The molecule has 0 saturated carbocycles. The Bertz CT molecular complexity index is 393. The van der Waals surface area contributed by atoms with Crippen molar-refractivity contribution in [3.8, 4) is 12.3 Å². The molecule has 0 aliphatic heterocycles. The minimum Gasteiger partial charge on any atom is -0.355 e. The number of rotatable bonds is 4. The molecule has 1 aromatic carbocycles. The zero-order valence-electron chi connectivity index (χ0n) is 8.95. The molecular formula is C12H14NOP. The number of terminal acetylenes is 1. The predicted octanol–water partition coefficient (Wildman–Crippen LogP) is 1.28. The Morgan fingerprint density at radius 1 is 1.53 bits per heavy atom. The maximum atomic E-state index is 10.2. The Morgan fingerprint density at radius 3 is 2.80 bits per heavy atom. The normalized spacial score (nSPS) is 9.73. The van der Waals surface area contributed by atoms with Crippen LogP contribution in [0.15, 0.2) is 18.2 Å². The standard InChI is InChI=1S/C12H14NOP/c1-4-11-6-5-10(8-13-9-14)7-12(11)15(2)3/h1,5-7,9H,8H2,2-3H3,(H,13,14). The van der Waals surface area contributed by atoms with Crippen LogP contribution in [-0.2, 0) is 11.3 Å². The molecule has 0 aromatic heterocycles. The van der Waals surface area contributed by atoms with Gasteiger partial charge in [0.05, 0.1) is 0 Å². The van der Waals surface area contributed by atoms with E-state index in [1.807, 2.05) is 12.1 Å². The molecule has 1 amide bonds. The zero-order valence-corrected chi connectivity index (χ0v) is 9.84. The SMILES string of the molecule is C#Cc1ccc(CNC=O)cc1P(C)C. The van der Waals surface area contributed by atoms with Crippen molar-refractivity contribution in [2.75, 3.05) is 13.3 Å². The molecular weight excluding hydrogens is 205 g/mol. The van der Waals surface area contributed by atoms with Gasteiger partial charge in [-0.05, 0) is 36.3 Å². The summed E-state index contributed by atoms with van der Waals surface area (Å²) in [6.07, 6.45) is 6.13. The predicted molar refractivity (Wildman–Crippen MR) is 65.7 cm³/mol. The average molecular weight is 219 g/mol. The second kappa shape index (κ2) is 5.53. The zero-order chi connectivity index (χ0) is 11.3. The van der Waals surface area contributed by atoms with Gasteiger partial charge < -0.3 is 5.32 Å². The molecule has 1 N–H and O–H groups in total. The molecule has 1 rings (SSSR count). The molecule has 0 spiro atoms. The molecule has 0 aliphatic carbocycles. The molecule has 0 saturated heterocycles. The first-order chi connectivity index (χ1) is 7.19. The van der Waals surface area contributed by atoms with Crippen molar-refractivity contribution >= 4 is 19.6 Å². The molecule has 78 valence electrons. The Kier molecular flexibility index (Phi) is 4.34. The third-order valence-corrected chi connectivity index (χ3v) is 3.42. The summed E-state index contributed by atoms with van der Waals surface area (Å²) >= 11 is 0. The van der Waals surface area contributed by atoms with E-state index in [-0.39, 0.29) is 7.92 Å². The summed E-state index contributed by atoms with van der Waals surface area (Å²) < 4.78 is 0. The van der Waals surface area contributed by atoms with Gasteiger partial charge in [-0.2, -0.15) is 0 Å². The number of nitrogens with one attached hydrogen (secondary N) is 1. The third kappa shape index (κ3) is 3.08. The minimum atomic E-state index is -0.212. The van der Waals surface area contributed by atoms with E-state index in [2.05, 4.69) is 30.6 Å². The monoisotopic (exact) mass is 219 g/mol. The van der Waals surface area contributed by atoms with E-state index in [1.165, 1.54) is 5.30 Å². The summed E-state index contributed by atoms with van der Waals surface area (Å²) in [6.45, 7) is 4.90. The Balaban J connectivity index is 3.00. The van der Waals surface area contributed by atoms with Crippen LogP contribution in [0.1, 0.15) is 11.1 Å². The summed E-state index contributed by atoms with van der Waals surface area (Å²) in [5.41, 5.74) is 2.05. The van der Waals surface area contributed by atoms with E-state index in [0.29, 0.717) is 13.0 Å². The molecule has 15 heavy (non-hydrogen) atoms. The van der Waals surface area contributed by atoms with E-state index in [4.69, 9.17) is 6.42 Å². The van der Waals surface area contributed by atoms with Gasteiger partial charge in [0.15, 0.2) is 0 Å². The van der Waals surface area contributed by atoms with Crippen LogP contribution in [0.25, 0.3) is 0 Å². The lowest BCUT2D eigenvalue weighted by Crippen LogP contribution is -2.13. The van der Waals surface area contributed by atoms with Crippen molar-refractivity contribution in [3.05, 3.63) is 29.3 Å². The Morgan fingerprint density at radius 2 is 2.27 bits per heavy atom. The van der Waals surface area contributed by atoms with Gasteiger partial charge in [-0.1, -0.05) is 19.9 Å². The molecule has 0 heterocycles. The Hall–Kier alpha value is -1.32. The highest BCUT2D eigenvalue weighted by Crippen LogP contribution is 2.25. The number of carbonyl (C=O) groups is 1. The third-order valence-electron chi connectivity index (χ3n) is 2.09. The van der Waals surface area contributed by atoms with E-state index in [1.54, 1.807) is 0 Å². The van der Waals surface area contributed by atoms with Gasteiger partial charge in [-0.15, -0.1) is 6.42 Å². The summed E-state index contributed by atoms with van der Waals surface area (Å²) in [6, 6.07) is 5.98. The fourth-order valence-electron chi connectivity index (χ4n) is 1.34. The number of hydrogen-bond acceptors (Lipinski definition) is 1. The second-order valence-electron chi connectivity index (χ2n) is 3.39. The first kappa shape index (κ1) is 11.8.